The number of anilines is 1. The Morgan fingerprint density at radius 3 is 2.86 bits per heavy atom. The Kier molecular flexibility index (Phi) is 3.39. The summed E-state index contributed by atoms with van der Waals surface area (Å²) in [6.07, 6.45) is 3.27. The third kappa shape index (κ3) is 2.38. The fourth-order valence-corrected chi connectivity index (χ4v) is 2.37. The van der Waals surface area contributed by atoms with Gasteiger partial charge >= 0.3 is 0 Å². The van der Waals surface area contributed by atoms with Crippen molar-refractivity contribution in [3.63, 3.8) is 0 Å². The summed E-state index contributed by atoms with van der Waals surface area (Å²) in [4.78, 5) is 18.8. The van der Waals surface area contributed by atoms with E-state index in [2.05, 4.69) is 10.1 Å². The summed E-state index contributed by atoms with van der Waals surface area (Å²) in [7, 11) is 0. The minimum Gasteiger partial charge on any atom is -0.307 e. The van der Waals surface area contributed by atoms with E-state index >= 15 is 0 Å². The van der Waals surface area contributed by atoms with Crippen molar-refractivity contribution in [2.45, 2.75) is 13.8 Å². The predicted octanol–water partition coefficient (Wildman–Crippen LogP) is 2.70. The first-order valence-corrected chi connectivity index (χ1v) is 6.88. The molecule has 0 spiro atoms. The van der Waals surface area contributed by atoms with Crippen molar-refractivity contribution in [1.82, 2.24) is 14.6 Å². The maximum Gasteiger partial charge on any atom is 0.277 e. The number of aryl methyl sites for hydroxylation is 1. The van der Waals surface area contributed by atoms with Gasteiger partial charge in [0.15, 0.2) is 5.65 Å². The molecule has 0 atom stereocenters. The normalized spacial score (nSPS) is 10.8. The topological polar surface area (TPSA) is 50.5 Å². The van der Waals surface area contributed by atoms with Gasteiger partial charge in [-0.25, -0.2) is 9.50 Å². The summed E-state index contributed by atoms with van der Waals surface area (Å²) in [5.74, 6) is -0.0841. The standard InChI is InChI=1S/C16H16N4O/c1-3-19(13-6-4-5-12(2)11-13)16(21)14-7-9-17-15-8-10-18-20(14)15/h4-11H,3H2,1-2H3. The highest BCUT2D eigenvalue weighted by Gasteiger charge is 2.19. The van der Waals surface area contributed by atoms with Gasteiger partial charge in [0.05, 0.1) is 6.20 Å². The number of nitrogens with zero attached hydrogens (tertiary/aromatic N) is 4. The quantitative estimate of drug-likeness (QED) is 0.741. The van der Waals surface area contributed by atoms with Crippen LogP contribution in [0.25, 0.3) is 5.65 Å². The smallest absolute Gasteiger partial charge is 0.277 e. The molecule has 5 heteroatoms. The summed E-state index contributed by atoms with van der Waals surface area (Å²) < 4.78 is 1.57. The van der Waals surface area contributed by atoms with Crippen LogP contribution in [0, 0.1) is 6.92 Å². The van der Waals surface area contributed by atoms with Gasteiger partial charge in [0.25, 0.3) is 5.91 Å². The van der Waals surface area contributed by atoms with Crippen LogP contribution in [0.5, 0.6) is 0 Å². The van der Waals surface area contributed by atoms with Crippen LogP contribution in [-0.4, -0.2) is 27.0 Å². The first kappa shape index (κ1) is 13.3. The molecule has 0 radical (unpaired) electrons. The van der Waals surface area contributed by atoms with E-state index in [1.54, 1.807) is 33.9 Å². The van der Waals surface area contributed by atoms with E-state index in [4.69, 9.17) is 0 Å². The SMILES string of the molecule is CCN(C(=O)c1ccnc2ccnn12)c1cccc(C)c1. The van der Waals surface area contributed by atoms with Gasteiger partial charge < -0.3 is 4.90 Å². The molecule has 0 N–H and O–H groups in total. The van der Waals surface area contributed by atoms with Crippen LogP contribution < -0.4 is 4.90 Å². The third-order valence-electron chi connectivity index (χ3n) is 3.38. The highest BCUT2D eigenvalue weighted by atomic mass is 16.2. The Morgan fingerprint density at radius 1 is 1.24 bits per heavy atom. The maximum absolute atomic E-state index is 12.8. The lowest BCUT2D eigenvalue weighted by Gasteiger charge is -2.21. The molecule has 0 aliphatic carbocycles. The largest absolute Gasteiger partial charge is 0.307 e. The Bertz CT molecular complexity index is 794. The second-order valence-electron chi connectivity index (χ2n) is 4.82. The first-order valence-electron chi connectivity index (χ1n) is 6.88. The molecule has 0 saturated heterocycles. The van der Waals surface area contributed by atoms with E-state index in [0.29, 0.717) is 17.9 Å². The number of aromatic nitrogens is 3. The van der Waals surface area contributed by atoms with Crippen molar-refractivity contribution in [3.05, 3.63) is 60.0 Å². The summed E-state index contributed by atoms with van der Waals surface area (Å²) in [6, 6.07) is 11.4. The number of benzene rings is 1. The Hall–Kier alpha value is -2.69. The summed E-state index contributed by atoms with van der Waals surface area (Å²) >= 11 is 0. The van der Waals surface area contributed by atoms with Crippen LogP contribution in [0.1, 0.15) is 23.0 Å². The van der Waals surface area contributed by atoms with Crippen LogP contribution in [0.2, 0.25) is 0 Å². The molecule has 0 unspecified atom stereocenters. The van der Waals surface area contributed by atoms with Crippen LogP contribution in [0.3, 0.4) is 0 Å². The average Bonchev–Trinajstić information content (AvgIpc) is 2.96. The molecule has 0 aliphatic heterocycles. The minimum absolute atomic E-state index is 0.0841. The van der Waals surface area contributed by atoms with Gasteiger partial charge in [0, 0.05) is 24.5 Å². The zero-order chi connectivity index (χ0) is 14.8. The van der Waals surface area contributed by atoms with Gasteiger partial charge in [-0.1, -0.05) is 12.1 Å². The van der Waals surface area contributed by atoms with E-state index < -0.39 is 0 Å². The van der Waals surface area contributed by atoms with Gasteiger partial charge in [-0.05, 0) is 37.6 Å². The van der Waals surface area contributed by atoms with Crippen LogP contribution in [-0.2, 0) is 0 Å². The van der Waals surface area contributed by atoms with Crippen molar-refractivity contribution in [3.8, 4) is 0 Å². The number of fused-ring (bicyclic) bond motifs is 1. The summed E-state index contributed by atoms with van der Waals surface area (Å²) in [5.41, 5.74) is 3.19. The first-order chi connectivity index (χ1) is 10.2. The van der Waals surface area contributed by atoms with Gasteiger partial charge in [0.1, 0.15) is 5.69 Å². The second kappa shape index (κ2) is 5.36. The van der Waals surface area contributed by atoms with Gasteiger partial charge in [-0.15, -0.1) is 0 Å². The molecule has 3 rings (SSSR count). The monoisotopic (exact) mass is 280 g/mol. The Morgan fingerprint density at radius 2 is 2.10 bits per heavy atom. The molecule has 0 aliphatic rings. The van der Waals surface area contributed by atoms with Gasteiger partial charge in [-0.3, -0.25) is 4.79 Å². The van der Waals surface area contributed by atoms with Crippen LogP contribution >= 0.6 is 0 Å². The van der Waals surface area contributed by atoms with E-state index in [1.807, 2.05) is 38.1 Å². The lowest BCUT2D eigenvalue weighted by molar-refractivity contribution is 0.0981. The molecular formula is C16H16N4O. The zero-order valence-electron chi connectivity index (χ0n) is 12.0. The molecule has 5 nitrogen and oxygen atoms in total. The number of hydrogen-bond donors (Lipinski definition) is 0. The predicted molar refractivity (Wildman–Crippen MR) is 81.5 cm³/mol. The third-order valence-corrected chi connectivity index (χ3v) is 3.38. The highest BCUT2D eigenvalue weighted by Crippen LogP contribution is 2.18. The van der Waals surface area contributed by atoms with Crippen molar-refractivity contribution < 1.29 is 4.79 Å². The molecule has 1 aromatic carbocycles. The summed E-state index contributed by atoms with van der Waals surface area (Å²) in [5, 5.41) is 4.17. The molecule has 0 bridgehead atoms. The molecule has 0 saturated carbocycles. The Labute approximate surface area is 122 Å². The van der Waals surface area contributed by atoms with Crippen molar-refractivity contribution in [1.29, 1.82) is 0 Å². The number of hydrogen-bond acceptors (Lipinski definition) is 3. The number of rotatable bonds is 3. The molecule has 106 valence electrons. The number of carbonyl (C=O) groups is 1. The molecule has 1 amide bonds. The maximum atomic E-state index is 12.8. The highest BCUT2D eigenvalue weighted by molar-refractivity contribution is 6.05. The number of amides is 1. The van der Waals surface area contributed by atoms with E-state index in [9.17, 15) is 4.79 Å². The molecule has 0 fully saturated rings. The van der Waals surface area contributed by atoms with Crippen molar-refractivity contribution in [2.75, 3.05) is 11.4 Å². The minimum atomic E-state index is -0.0841. The molecule has 21 heavy (non-hydrogen) atoms. The molecule has 2 heterocycles. The molecule has 2 aromatic heterocycles. The van der Waals surface area contributed by atoms with E-state index in [1.165, 1.54) is 0 Å². The number of carbonyl (C=O) groups excluding carboxylic acids is 1. The van der Waals surface area contributed by atoms with Gasteiger partial charge in [0.2, 0.25) is 0 Å². The molecular weight excluding hydrogens is 264 g/mol. The van der Waals surface area contributed by atoms with Crippen LogP contribution in [0.15, 0.2) is 48.8 Å². The zero-order valence-corrected chi connectivity index (χ0v) is 12.0. The van der Waals surface area contributed by atoms with Crippen molar-refractivity contribution >= 4 is 17.2 Å². The average molecular weight is 280 g/mol. The summed E-state index contributed by atoms with van der Waals surface area (Å²) in [6.45, 7) is 4.56. The van der Waals surface area contributed by atoms with Crippen LogP contribution in [0.4, 0.5) is 5.69 Å². The second-order valence-corrected chi connectivity index (χ2v) is 4.82. The Balaban J connectivity index is 2.05. The molecule has 3 aromatic rings. The van der Waals surface area contributed by atoms with Crippen molar-refractivity contribution in [2.24, 2.45) is 0 Å². The fourth-order valence-electron chi connectivity index (χ4n) is 2.37. The van der Waals surface area contributed by atoms with Gasteiger partial charge in [-0.2, -0.15) is 5.10 Å². The fraction of sp³-hybridized carbons (Fsp3) is 0.188. The van der Waals surface area contributed by atoms with E-state index in [-0.39, 0.29) is 5.91 Å². The lowest BCUT2D eigenvalue weighted by atomic mass is 10.2. The lowest BCUT2D eigenvalue weighted by Crippen LogP contribution is -2.32. The van der Waals surface area contributed by atoms with E-state index in [0.717, 1.165) is 11.3 Å².